The summed E-state index contributed by atoms with van der Waals surface area (Å²) < 4.78 is 2.70. The fourth-order valence-corrected chi connectivity index (χ4v) is 9.51. The molecule has 0 atom stereocenters. The molecule has 0 amide bonds. The lowest BCUT2D eigenvalue weighted by Crippen LogP contribution is -2.09. The summed E-state index contributed by atoms with van der Waals surface area (Å²) in [5.74, 6) is 0. The average Bonchev–Trinajstić information content (AvgIpc) is 3.69. The molecule has 1 heterocycles. The van der Waals surface area contributed by atoms with E-state index in [2.05, 4.69) is 169 Å². The summed E-state index contributed by atoms with van der Waals surface area (Å²) in [6, 6.07) is 60.5. The molecule has 0 radical (unpaired) electrons. The van der Waals surface area contributed by atoms with Crippen LogP contribution in [0.1, 0.15) is 0 Å². The number of para-hydroxylation sites is 2. The Balaban J connectivity index is 1.15. The molecule has 9 aromatic carbocycles. The summed E-state index contributed by atoms with van der Waals surface area (Å²) >= 11 is 1.91. The lowest BCUT2D eigenvalue weighted by molar-refractivity contribution is 1.28. The van der Waals surface area contributed by atoms with Crippen molar-refractivity contribution >= 4 is 80.9 Å². The van der Waals surface area contributed by atoms with Crippen molar-refractivity contribution in [1.82, 2.24) is 0 Å². The van der Waals surface area contributed by atoms with Crippen LogP contribution >= 0.6 is 11.3 Å². The van der Waals surface area contributed by atoms with Gasteiger partial charge in [-0.1, -0.05) is 115 Å². The van der Waals surface area contributed by atoms with Crippen molar-refractivity contribution in [2.24, 2.45) is 0 Å². The topological polar surface area (TPSA) is 3.24 Å². The monoisotopic (exact) mass is 625 g/mol. The molecule has 48 heavy (non-hydrogen) atoms. The molecule has 1 aromatic heterocycles. The van der Waals surface area contributed by atoms with Crippen LogP contribution in [0.2, 0.25) is 0 Å². The molecule has 0 saturated heterocycles. The summed E-state index contributed by atoms with van der Waals surface area (Å²) in [6.07, 6.45) is 0. The summed E-state index contributed by atoms with van der Waals surface area (Å²) in [6.45, 7) is 0. The van der Waals surface area contributed by atoms with Crippen molar-refractivity contribution in [2.75, 3.05) is 4.90 Å². The number of rotatable bonds is 4. The maximum absolute atomic E-state index is 2.45. The van der Waals surface area contributed by atoms with Crippen LogP contribution in [0.15, 0.2) is 164 Å². The van der Waals surface area contributed by atoms with Crippen molar-refractivity contribution in [3.63, 3.8) is 0 Å². The second-order valence-corrected chi connectivity index (χ2v) is 13.9. The Bertz CT molecular complexity index is 2840. The van der Waals surface area contributed by atoms with E-state index < -0.39 is 0 Å². The number of fused-ring (bicyclic) bond motifs is 6. The van der Waals surface area contributed by atoms with E-state index in [9.17, 15) is 0 Å². The minimum atomic E-state index is 1.15. The van der Waals surface area contributed by atoms with Gasteiger partial charge in [-0.25, -0.2) is 0 Å². The number of hydrogen-bond donors (Lipinski definition) is 0. The first-order valence-corrected chi connectivity index (χ1v) is 17.3. The van der Waals surface area contributed by atoms with Crippen LogP contribution in [0, 0.1) is 0 Å². The van der Waals surface area contributed by atoms with Gasteiger partial charge in [0.25, 0.3) is 0 Å². The van der Waals surface area contributed by atoms with Crippen molar-refractivity contribution in [3.8, 4) is 33.4 Å². The Morgan fingerprint density at radius 3 is 1.85 bits per heavy atom. The molecule has 222 valence electrons. The van der Waals surface area contributed by atoms with E-state index in [1.165, 1.54) is 85.9 Å². The number of thiophene rings is 1. The van der Waals surface area contributed by atoms with E-state index in [-0.39, 0.29) is 0 Å². The third-order valence-electron chi connectivity index (χ3n) is 10.3. The van der Waals surface area contributed by atoms with Crippen LogP contribution in [0.3, 0.4) is 0 Å². The van der Waals surface area contributed by atoms with Crippen LogP contribution in [0.4, 0.5) is 17.1 Å². The van der Waals surface area contributed by atoms with E-state index in [1.54, 1.807) is 0 Å². The van der Waals surface area contributed by atoms with Crippen molar-refractivity contribution in [2.45, 2.75) is 0 Å². The molecule has 0 N–H and O–H groups in total. The standard InChI is InChI=1S/C46H27NS/c1-3-10-30(11-4-1)47(31-12-5-2-6-13-31)32-21-25-34-37-24-19-28-18-23-36-33(22-20-29-26-41(40(34)27-32)45(37)44(28)43(29)36)38-15-9-16-39-35-14-7-8-17-42(35)48-46(38)39/h1-27H. The molecule has 0 saturated carbocycles. The maximum atomic E-state index is 2.45. The first-order valence-electron chi connectivity index (χ1n) is 16.5. The van der Waals surface area contributed by atoms with Gasteiger partial charge >= 0.3 is 0 Å². The zero-order chi connectivity index (χ0) is 31.3. The van der Waals surface area contributed by atoms with Crippen molar-refractivity contribution in [3.05, 3.63) is 164 Å². The third kappa shape index (κ3) is 3.55. The number of anilines is 3. The van der Waals surface area contributed by atoms with E-state index in [0.29, 0.717) is 0 Å². The van der Waals surface area contributed by atoms with Gasteiger partial charge in [0.05, 0.1) is 0 Å². The van der Waals surface area contributed by atoms with Crippen LogP contribution in [0.5, 0.6) is 0 Å². The number of nitrogens with zero attached hydrogens (tertiary/aromatic N) is 1. The van der Waals surface area contributed by atoms with Crippen molar-refractivity contribution < 1.29 is 0 Å². The van der Waals surface area contributed by atoms with Crippen LogP contribution in [-0.2, 0) is 0 Å². The predicted molar refractivity (Wildman–Crippen MR) is 208 cm³/mol. The highest BCUT2D eigenvalue weighted by atomic mass is 32.1. The first-order chi connectivity index (χ1) is 23.8. The zero-order valence-electron chi connectivity index (χ0n) is 25.9. The zero-order valence-corrected chi connectivity index (χ0v) is 26.8. The largest absolute Gasteiger partial charge is 0.310 e. The molecular formula is C46H27NS. The quantitative estimate of drug-likeness (QED) is 0.176. The van der Waals surface area contributed by atoms with Gasteiger partial charge in [0, 0.05) is 42.8 Å². The Kier molecular flexibility index (Phi) is 5.32. The second-order valence-electron chi connectivity index (χ2n) is 12.9. The SMILES string of the molecule is c1ccc(N(c2ccccc2)c2ccc3c(c2)-c2cc4ccc(-c5cccc6c5sc5ccccc56)c5ccc6ccc-3c2c6c45)cc1. The van der Waals surface area contributed by atoms with E-state index in [0.717, 1.165) is 17.1 Å². The molecule has 0 aliphatic heterocycles. The van der Waals surface area contributed by atoms with Gasteiger partial charge in [0.2, 0.25) is 0 Å². The second kappa shape index (κ2) is 9.78. The van der Waals surface area contributed by atoms with Gasteiger partial charge in [0.15, 0.2) is 0 Å². The highest BCUT2D eigenvalue weighted by Gasteiger charge is 2.27. The summed E-state index contributed by atoms with van der Waals surface area (Å²) in [5.41, 5.74) is 11.3. The van der Waals surface area contributed by atoms with Gasteiger partial charge in [0.1, 0.15) is 0 Å². The molecular weight excluding hydrogens is 599 g/mol. The van der Waals surface area contributed by atoms with Crippen LogP contribution in [0.25, 0.3) is 85.9 Å². The predicted octanol–water partition coefficient (Wildman–Crippen LogP) is 13.7. The molecule has 0 bridgehead atoms. The summed E-state index contributed by atoms with van der Waals surface area (Å²) in [5, 5.41) is 10.7. The number of hydrogen-bond acceptors (Lipinski definition) is 2. The smallest absolute Gasteiger partial charge is 0.0468 e. The first kappa shape index (κ1) is 26.1. The van der Waals surface area contributed by atoms with Gasteiger partial charge in [-0.15, -0.1) is 11.3 Å². The van der Waals surface area contributed by atoms with Crippen LogP contribution in [-0.4, -0.2) is 0 Å². The normalized spacial score (nSPS) is 12.2. The Hall–Kier alpha value is -5.96. The fourth-order valence-electron chi connectivity index (χ4n) is 8.28. The Labute approximate surface area is 281 Å². The van der Waals surface area contributed by atoms with E-state index in [1.807, 2.05) is 11.3 Å². The van der Waals surface area contributed by atoms with E-state index >= 15 is 0 Å². The minimum Gasteiger partial charge on any atom is -0.310 e. The van der Waals surface area contributed by atoms with Gasteiger partial charge in [-0.05, 0) is 109 Å². The summed E-state index contributed by atoms with van der Waals surface area (Å²) in [7, 11) is 0. The summed E-state index contributed by atoms with van der Waals surface area (Å²) in [4.78, 5) is 2.36. The highest BCUT2D eigenvalue weighted by Crippen LogP contribution is 2.54. The lowest BCUT2D eigenvalue weighted by atomic mass is 9.87. The van der Waals surface area contributed by atoms with Crippen molar-refractivity contribution in [1.29, 1.82) is 0 Å². The Morgan fingerprint density at radius 2 is 1.02 bits per heavy atom. The van der Waals surface area contributed by atoms with Gasteiger partial charge < -0.3 is 4.90 Å². The van der Waals surface area contributed by atoms with E-state index in [4.69, 9.17) is 0 Å². The maximum Gasteiger partial charge on any atom is 0.0468 e. The molecule has 0 fully saturated rings. The lowest BCUT2D eigenvalue weighted by Gasteiger charge is -2.26. The minimum absolute atomic E-state index is 1.15. The number of benzene rings is 9. The molecule has 1 aliphatic carbocycles. The molecule has 10 aromatic rings. The van der Waals surface area contributed by atoms with Gasteiger partial charge in [-0.2, -0.15) is 0 Å². The van der Waals surface area contributed by atoms with Crippen LogP contribution < -0.4 is 4.90 Å². The highest BCUT2D eigenvalue weighted by molar-refractivity contribution is 7.26. The Morgan fingerprint density at radius 1 is 0.333 bits per heavy atom. The molecule has 1 aliphatic rings. The average molecular weight is 626 g/mol. The molecule has 2 heteroatoms. The molecule has 11 rings (SSSR count). The molecule has 1 nitrogen and oxygen atoms in total. The fraction of sp³-hybridized carbons (Fsp3) is 0. The third-order valence-corrected chi connectivity index (χ3v) is 11.5. The molecule has 0 spiro atoms. The molecule has 0 unspecified atom stereocenters. The van der Waals surface area contributed by atoms with Gasteiger partial charge in [-0.3, -0.25) is 0 Å².